The molecule has 0 unspecified atom stereocenters. The number of urea groups is 1. The van der Waals surface area contributed by atoms with Gasteiger partial charge in [-0.2, -0.15) is 18.2 Å². The van der Waals surface area contributed by atoms with Crippen molar-refractivity contribution >= 4 is 17.9 Å². The van der Waals surface area contributed by atoms with Gasteiger partial charge in [0.2, 0.25) is 17.7 Å². The monoisotopic (exact) mass is 362 g/mol. The first-order valence-electron chi connectivity index (χ1n) is 8.10. The molecule has 0 saturated carbocycles. The van der Waals surface area contributed by atoms with Crippen molar-refractivity contribution in [2.24, 2.45) is 5.92 Å². The van der Waals surface area contributed by atoms with Crippen molar-refractivity contribution in [1.29, 1.82) is 0 Å². The quantitative estimate of drug-likeness (QED) is 0.856. The van der Waals surface area contributed by atoms with Crippen LogP contribution in [-0.2, 0) is 11.0 Å². The molecule has 1 atom stereocenters. The number of halogens is 3. The van der Waals surface area contributed by atoms with E-state index in [1.807, 2.05) is 13.8 Å². The van der Waals surface area contributed by atoms with E-state index >= 15 is 0 Å². The summed E-state index contributed by atoms with van der Waals surface area (Å²) in [5.74, 6) is -2.71. The highest BCUT2D eigenvalue weighted by Crippen LogP contribution is 2.26. The number of carbonyl (C=O) groups is 2. The van der Waals surface area contributed by atoms with Crippen molar-refractivity contribution in [2.45, 2.75) is 32.9 Å². The first kappa shape index (κ1) is 19.0. The maximum absolute atomic E-state index is 12.5. The van der Waals surface area contributed by atoms with Crippen molar-refractivity contribution < 1.29 is 22.8 Å². The highest BCUT2D eigenvalue weighted by Gasteiger charge is 2.36. The number of aromatic amines is 1. The molecule has 1 aliphatic heterocycles. The van der Waals surface area contributed by atoms with E-state index in [1.54, 1.807) is 14.9 Å². The molecule has 2 N–H and O–H groups in total. The second kappa shape index (κ2) is 7.70. The molecule has 0 aromatic carbocycles. The van der Waals surface area contributed by atoms with Gasteiger partial charge in [-0.25, -0.2) is 4.79 Å². The summed E-state index contributed by atoms with van der Waals surface area (Å²) in [7, 11) is 0. The van der Waals surface area contributed by atoms with Gasteiger partial charge in [0, 0.05) is 26.2 Å². The lowest BCUT2D eigenvalue weighted by molar-refractivity contribution is -0.144. The van der Waals surface area contributed by atoms with Crippen LogP contribution in [0.25, 0.3) is 0 Å². The van der Waals surface area contributed by atoms with Gasteiger partial charge >= 0.3 is 12.2 Å². The minimum atomic E-state index is -4.66. The number of carbonyl (C=O) groups excluding carboxylic acids is 2. The summed E-state index contributed by atoms with van der Waals surface area (Å²) in [6.07, 6.45) is -3.47. The smallest absolute Gasteiger partial charge is 0.325 e. The predicted molar refractivity (Wildman–Crippen MR) is 82.6 cm³/mol. The highest BCUT2D eigenvalue weighted by atomic mass is 19.4. The Bertz CT molecular complexity index is 614. The van der Waals surface area contributed by atoms with E-state index in [9.17, 15) is 22.8 Å². The zero-order chi connectivity index (χ0) is 18.6. The summed E-state index contributed by atoms with van der Waals surface area (Å²) in [5, 5.41) is 7.37. The highest BCUT2D eigenvalue weighted by molar-refractivity contribution is 5.91. The third-order valence-corrected chi connectivity index (χ3v) is 4.09. The van der Waals surface area contributed by atoms with Gasteiger partial charge in [0.25, 0.3) is 0 Å². The largest absolute Gasteiger partial charge is 0.451 e. The average Bonchev–Trinajstić information content (AvgIpc) is 3.05. The molecule has 140 valence electrons. The summed E-state index contributed by atoms with van der Waals surface area (Å²) < 4.78 is 37.4. The standard InChI is InChI=1S/C14H21F3N6O2/c1-3-22(4-2)13(25)23-7-5-6-9(8-23)10(24)18-12-19-11(20-21-12)14(15,16)17/h9H,3-8H2,1-2H3,(H2,18,19,20,21,24)/t9-/m0/s1. The van der Waals surface area contributed by atoms with Crippen LogP contribution in [0.15, 0.2) is 0 Å². The fourth-order valence-electron chi connectivity index (χ4n) is 2.72. The number of alkyl halides is 3. The molecule has 0 bridgehead atoms. The van der Waals surface area contributed by atoms with Crippen LogP contribution in [0.1, 0.15) is 32.5 Å². The molecule has 11 heteroatoms. The fraction of sp³-hybridized carbons (Fsp3) is 0.714. The van der Waals surface area contributed by atoms with Crippen molar-refractivity contribution in [2.75, 3.05) is 31.5 Å². The summed E-state index contributed by atoms with van der Waals surface area (Å²) in [6, 6.07) is -0.139. The third kappa shape index (κ3) is 4.60. The lowest BCUT2D eigenvalue weighted by Gasteiger charge is -2.35. The zero-order valence-corrected chi connectivity index (χ0v) is 14.1. The molecular formula is C14H21F3N6O2. The maximum Gasteiger partial charge on any atom is 0.451 e. The molecule has 25 heavy (non-hydrogen) atoms. The van der Waals surface area contributed by atoms with Crippen LogP contribution < -0.4 is 5.32 Å². The van der Waals surface area contributed by atoms with Crippen molar-refractivity contribution in [3.05, 3.63) is 5.82 Å². The fourth-order valence-corrected chi connectivity index (χ4v) is 2.72. The molecular weight excluding hydrogens is 341 g/mol. The molecule has 1 aliphatic rings. The Hall–Kier alpha value is -2.33. The Labute approximate surface area is 142 Å². The number of H-pyrrole nitrogens is 1. The lowest BCUT2D eigenvalue weighted by atomic mass is 9.97. The van der Waals surface area contributed by atoms with Crippen LogP contribution in [0.3, 0.4) is 0 Å². The van der Waals surface area contributed by atoms with E-state index in [4.69, 9.17) is 0 Å². The van der Waals surface area contributed by atoms with Crippen LogP contribution in [0.4, 0.5) is 23.9 Å². The number of nitrogens with zero attached hydrogens (tertiary/aromatic N) is 4. The van der Waals surface area contributed by atoms with Gasteiger partial charge in [-0.1, -0.05) is 0 Å². The molecule has 0 aliphatic carbocycles. The number of anilines is 1. The average molecular weight is 362 g/mol. The van der Waals surface area contributed by atoms with E-state index in [-0.39, 0.29) is 12.6 Å². The second-order valence-corrected chi connectivity index (χ2v) is 5.73. The summed E-state index contributed by atoms with van der Waals surface area (Å²) in [4.78, 5) is 31.1. The summed E-state index contributed by atoms with van der Waals surface area (Å²) in [6.45, 7) is 5.66. The Balaban J connectivity index is 1.97. The van der Waals surface area contributed by atoms with Crippen molar-refractivity contribution in [3.63, 3.8) is 0 Å². The number of aromatic nitrogens is 3. The lowest BCUT2D eigenvalue weighted by Crippen LogP contribution is -2.49. The van der Waals surface area contributed by atoms with Gasteiger partial charge in [-0.15, -0.1) is 5.10 Å². The second-order valence-electron chi connectivity index (χ2n) is 5.73. The van der Waals surface area contributed by atoms with E-state index in [0.29, 0.717) is 32.5 Å². The van der Waals surface area contributed by atoms with Gasteiger partial charge in [-0.3, -0.25) is 15.2 Å². The van der Waals surface area contributed by atoms with Gasteiger partial charge in [0.15, 0.2) is 0 Å². The first-order chi connectivity index (χ1) is 11.8. The van der Waals surface area contributed by atoms with Crippen molar-refractivity contribution in [1.82, 2.24) is 25.0 Å². The molecule has 1 aromatic heterocycles. The van der Waals surface area contributed by atoms with E-state index < -0.39 is 29.8 Å². The Morgan fingerprint density at radius 1 is 1.36 bits per heavy atom. The molecule has 2 heterocycles. The third-order valence-electron chi connectivity index (χ3n) is 4.09. The number of hydrogen-bond acceptors (Lipinski definition) is 4. The van der Waals surface area contributed by atoms with Crippen molar-refractivity contribution in [3.8, 4) is 0 Å². The zero-order valence-electron chi connectivity index (χ0n) is 14.1. The molecule has 1 aromatic rings. The number of piperidine rings is 1. The summed E-state index contributed by atoms with van der Waals surface area (Å²) in [5.41, 5.74) is 0. The normalized spacial score (nSPS) is 18.1. The number of rotatable bonds is 4. The number of likely N-dealkylation sites (tertiary alicyclic amines) is 1. The molecule has 1 fully saturated rings. The topological polar surface area (TPSA) is 94.2 Å². The number of amides is 3. The SMILES string of the molecule is CCN(CC)C(=O)N1CCC[C@H](C(=O)Nc2n[nH]c(C(F)(F)F)n2)C1. The Morgan fingerprint density at radius 3 is 2.60 bits per heavy atom. The molecule has 0 spiro atoms. The van der Waals surface area contributed by atoms with Gasteiger partial charge in [-0.05, 0) is 26.7 Å². The van der Waals surface area contributed by atoms with E-state index in [0.717, 1.165) is 0 Å². The predicted octanol–water partition coefficient (Wildman–Crippen LogP) is 1.94. The van der Waals surface area contributed by atoms with E-state index in [1.165, 1.54) is 0 Å². The minimum absolute atomic E-state index is 0.139. The minimum Gasteiger partial charge on any atom is -0.325 e. The molecule has 0 radical (unpaired) electrons. The van der Waals surface area contributed by atoms with Crippen LogP contribution in [0.5, 0.6) is 0 Å². The first-order valence-corrected chi connectivity index (χ1v) is 8.10. The van der Waals surface area contributed by atoms with Gasteiger partial charge in [0.1, 0.15) is 0 Å². The van der Waals surface area contributed by atoms with Crippen LogP contribution in [0, 0.1) is 5.92 Å². The number of nitrogens with one attached hydrogen (secondary N) is 2. The van der Waals surface area contributed by atoms with E-state index in [2.05, 4.69) is 15.4 Å². The van der Waals surface area contributed by atoms with Crippen LogP contribution in [-0.4, -0.2) is 63.1 Å². The summed E-state index contributed by atoms with van der Waals surface area (Å²) >= 11 is 0. The van der Waals surface area contributed by atoms with Gasteiger partial charge in [0.05, 0.1) is 5.92 Å². The van der Waals surface area contributed by atoms with Crippen LogP contribution in [0.2, 0.25) is 0 Å². The molecule has 1 saturated heterocycles. The number of hydrogen-bond donors (Lipinski definition) is 2. The molecule has 3 amide bonds. The molecule has 8 nitrogen and oxygen atoms in total. The molecule has 2 rings (SSSR count). The van der Waals surface area contributed by atoms with Crippen LogP contribution >= 0.6 is 0 Å². The maximum atomic E-state index is 12.5. The Morgan fingerprint density at radius 2 is 2.04 bits per heavy atom. The van der Waals surface area contributed by atoms with Gasteiger partial charge < -0.3 is 9.80 Å². The Kier molecular flexibility index (Phi) is 5.85.